The maximum absolute atomic E-state index is 11.6. The molecule has 0 aromatic heterocycles. The molecule has 20 heavy (non-hydrogen) atoms. The van der Waals surface area contributed by atoms with Gasteiger partial charge in [-0.2, -0.15) is 0 Å². The van der Waals surface area contributed by atoms with Crippen molar-refractivity contribution in [2.24, 2.45) is 5.92 Å². The van der Waals surface area contributed by atoms with Gasteiger partial charge in [-0.1, -0.05) is 0 Å². The Kier molecular flexibility index (Phi) is 5.24. The number of aliphatic hydroxyl groups excluding tert-OH is 1. The van der Waals surface area contributed by atoms with E-state index in [2.05, 4.69) is 5.32 Å². The normalized spacial score (nSPS) is 20.9. The van der Waals surface area contributed by atoms with Crippen LogP contribution in [0.5, 0.6) is 11.5 Å². The fraction of sp³-hybridized carbons (Fsp3) is 0.533. The van der Waals surface area contributed by atoms with Gasteiger partial charge < -0.3 is 19.9 Å². The molecule has 110 valence electrons. The summed E-state index contributed by atoms with van der Waals surface area (Å²) in [6, 6.07) is 7.18. The van der Waals surface area contributed by atoms with Gasteiger partial charge in [0.05, 0.1) is 12.7 Å². The van der Waals surface area contributed by atoms with Gasteiger partial charge in [-0.05, 0) is 49.9 Å². The average molecular weight is 279 g/mol. The van der Waals surface area contributed by atoms with Crippen LogP contribution in [0.25, 0.3) is 0 Å². The predicted octanol–water partition coefficient (Wildman–Crippen LogP) is 1.35. The van der Waals surface area contributed by atoms with Crippen LogP contribution in [-0.4, -0.2) is 36.9 Å². The van der Waals surface area contributed by atoms with Crippen molar-refractivity contribution >= 4 is 5.91 Å². The van der Waals surface area contributed by atoms with Crippen LogP contribution in [0.1, 0.15) is 19.8 Å². The number of hydrogen-bond donors (Lipinski definition) is 2. The minimum absolute atomic E-state index is 0.00323. The summed E-state index contributed by atoms with van der Waals surface area (Å²) in [6.07, 6.45) is 1.37. The molecule has 0 heterocycles. The van der Waals surface area contributed by atoms with Gasteiger partial charge in [0.15, 0.2) is 6.61 Å². The third-order valence-electron chi connectivity index (χ3n) is 3.30. The third kappa shape index (κ3) is 4.42. The number of hydrogen-bond acceptors (Lipinski definition) is 4. The Labute approximate surface area is 118 Å². The van der Waals surface area contributed by atoms with Crippen molar-refractivity contribution in [3.8, 4) is 11.5 Å². The molecular formula is C15H21NO4. The van der Waals surface area contributed by atoms with Crippen molar-refractivity contribution in [2.75, 3.05) is 19.8 Å². The summed E-state index contributed by atoms with van der Waals surface area (Å²) >= 11 is 0. The Balaban J connectivity index is 1.64. The molecule has 1 aromatic rings. The van der Waals surface area contributed by atoms with E-state index in [0.717, 1.165) is 18.6 Å². The van der Waals surface area contributed by atoms with Gasteiger partial charge in [0, 0.05) is 6.54 Å². The standard InChI is InChI=1S/C15H21NO4/c1-2-19-13-3-5-14(6-4-13)20-10-15(18)16-9-11-7-12(17)8-11/h3-6,11-12,17H,2,7-10H2,1H3,(H,16,18). The Morgan fingerprint density at radius 2 is 1.85 bits per heavy atom. The second kappa shape index (κ2) is 7.14. The van der Waals surface area contributed by atoms with E-state index in [0.29, 0.717) is 24.8 Å². The van der Waals surface area contributed by atoms with Gasteiger partial charge in [-0.3, -0.25) is 4.79 Å². The van der Waals surface area contributed by atoms with Crippen LogP contribution >= 0.6 is 0 Å². The minimum atomic E-state index is -0.183. The maximum Gasteiger partial charge on any atom is 0.257 e. The van der Waals surface area contributed by atoms with Crippen LogP contribution < -0.4 is 14.8 Å². The molecule has 1 aromatic carbocycles. The molecule has 0 saturated heterocycles. The van der Waals surface area contributed by atoms with Gasteiger partial charge in [-0.25, -0.2) is 0 Å². The average Bonchev–Trinajstić information content (AvgIpc) is 2.42. The lowest BCUT2D eigenvalue weighted by Crippen LogP contribution is -2.39. The Morgan fingerprint density at radius 3 is 2.40 bits per heavy atom. The van der Waals surface area contributed by atoms with Crippen LogP contribution in [0.4, 0.5) is 0 Å². The number of ether oxygens (including phenoxy) is 2. The maximum atomic E-state index is 11.6. The molecule has 5 nitrogen and oxygen atoms in total. The van der Waals surface area contributed by atoms with Crippen LogP contribution in [0.3, 0.4) is 0 Å². The van der Waals surface area contributed by atoms with Crippen LogP contribution in [0.15, 0.2) is 24.3 Å². The summed E-state index contributed by atoms with van der Waals surface area (Å²) in [5, 5.41) is 12.0. The minimum Gasteiger partial charge on any atom is -0.494 e. The highest BCUT2D eigenvalue weighted by Crippen LogP contribution is 2.26. The number of carbonyl (C=O) groups is 1. The fourth-order valence-corrected chi connectivity index (χ4v) is 2.12. The molecule has 1 aliphatic carbocycles. The molecule has 0 atom stereocenters. The zero-order chi connectivity index (χ0) is 14.4. The number of aliphatic hydroxyl groups is 1. The Morgan fingerprint density at radius 1 is 1.25 bits per heavy atom. The van der Waals surface area contributed by atoms with Crippen molar-refractivity contribution < 1.29 is 19.4 Å². The van der Waals surface area contributed by atoms with Crippen molar-refractivity contribution in [3.63, 3.8) is 0 Å². The molecule has 1 amide bonds. The number of benzene rings is 1. The number of carbonyl (C=O) groups excluding carboxylic acids is 1. The van der Waals surface area contributed by atoms with Crippen LogP contribution in [-0.2, 0) is 4.79 Å². The molecule has 2 N–H and O–H groups in total. The van der Waals surface area contributed by atoms with E-state index in [9.17, 15) is 4.79 Å². The van der Waals surface area contributed by atoms with Crippen molar-refractivity contribution in [3.05, 3.63) is 24.3 Å². The highest BCUT2D eigenvalue weighted by atomic mass is 16.5. The van der Waals surface area contributed by atoms with Crippen molar-refractivity contribution in [2.45, 2.75) is 25.9 Å². The molecule has 0 spiro atoms. The summed E-state index contributed by atoms with van der Waals surface area (Å²) in [7, 11) is 0. The van der Waals surface area contributed by atoms with E-state index in [-0.39, 0.29) is 18.6 Å². The second-order valence-corrected chi connectivity index (χ2v) is 4.99. The summed E-state index contributed by atoms with van der Waals surface area (Å²) in [5.74, 6) is 1.69. The molecular weight excluding hydrogens is 258 g/mol. The zero-order valence-electron chi connectivity index (χ0n) is 11.7. The Bertz CT molecular complexity index is 426. The monoisotopic (exact) mass is 279 g/mol. The van der Waals surface area contributed by atoms with Gasteiger partial charge >= 0.3 is 0 Å². The Hall–Kier alpha value is -1.75. The van der Waals surface area contributed by atoms with Crippen molar-refractivity contribution in [1.29, 1.82) is 0 Å². The smallest absolute Gasteiger partial charge is 0.257 e. The summed E-state index contributed by atoms with van der Waals surface area (Å²) in [6.45, 7) is 3.17. The fourth-order valence-electron chi connectivity index (χ4n) is 2.12. The molecule has 0 aliphatic heterocycles. The summed E-state index contributed by atoms with van der Waals surface area (Å²) < 4.78 is 10.7. The molecule has 0 unspecified atom stereocenters. The predicted molar refractivity (Wildman–Crippen MR) is 74.8 cm³/mol. The topological polar surface area (TPSA) is 67.8 Å². The van der Waals surface area contributed by atoms with E-state index in [1.165, 1.54) is 0 Å². The quantitative estimate of drug-likeness (QED) is 0.790. The number of nitrogens with one attached hydrogen (secondary N) is 1. The lowest BCUT2D eigenvalue weighted by molar-refractivity contribution is -0.123. The molecule has 5 heteroatoms. The summed E-state index contributed by atoms with van der Waals surface area (Å²) in [4.78, 5) is 11.6. The first-order valence-electron chi connectivity index (χ1n) is 6.97. The first-order valence-corrected chi connectivity index (χ1v) is 6.97. The lowest BCUT2D eigenvalue weighted by Gasteiger charge is -2.31. The molecule has 2 rings (SSSR count). The van der Waals surface area contributed by atoms with Gasteiger partial charge in [0.1, 0.15) is 11.5 Å². The van der Waals surface area contributed by atoms with Gasteiger partial charge in [-0.15, -0.1) is 0 Å². The van der Waals surface area contributed by atoms with E-state index in [1.54, 1.807) is 12.1 Å². The molecule has 1 fully saturated rings. The first kappa shape index (κ1) is 14.7. The number of amides is 1. The van der Waals surface area contributed by atoms with Gasteiger partial charge in [0.25, 0.3) is 5.91 Å². The van der Waals surface area contributed by atoms with E-state index >= 15 is 0 Å². The first-order chi connectivity index (χ1) is 9.67. The molecule has 0 bridgehead atoms. The van der Waals surface area contributed by atoms with Gasteiger partial charge in [0.2, 0.25) is 0 Å². The molecule has 1 saturated carbocycles. The van der Waals surface area contributed by atoms with E-state index < -0.39 is 0 Å². The van der Waals surface area contributed by atoms with E-state index in [1.807, 2.05) is 19.1 Å². The highest BCUT2D eigenvalue weighted by molar-refractivity contribution is 5.77. The summed E-state index contributed by atoms with van der Waals surface area (Å²) in [5.41, 5.74) is 0. The van der Waals surface area contributed by atoms with E-state index in [4.69, 9.17) is 14.6 Å². The zero-order valence-corrected chi connectivity index (χ0v) is 11.7. The third-order valence-corrected chi connectivity index (χ3v) is 3.30. The highest BCUT2D eigenvalue weighted by Gasteiger charge is 2.27. The SMILES string of the molecule is CCOc1ccc(OCC(=O)NCC2CC(O)C2)cc1. The van der Waals surface area contributed by atoms with Crippen molar-refractivity contribution in [1.82, 2.24) is 5.32 Å². The van der Waals surface area contributed by atoms with Crippen LogP contribution in [0, 0.1) is 5.92 Å². The second-order valence-electron chi connectivity index (χ2n) is 4.99. The van der Waals surface area contributed by atoms with Crippen LogP contribution in [0.2, 0.25) is 0 Å². The number of rotatable bonds is 7. The lowest BCUT2D eigenvalue weighted by atomic mass is 9.82. The molecule has 1 aliphatic rings. The molecule has 0 radical (unpaired) electrons. The largest absolute Gasteiger partial charge is 0.494 e.